The third kappa shape index (κ3) is 6.37. The minimum Gasteiger partial charge on any atom is -0.490 e. The summed E-state index contributed by atoms with van der Waals surface area (Å²) in [4.78, 5) is 12.4. The van der Waals surface area contributed by atoms with Gasteiger partial charge in [-0.2, -0.15) is 0 Å². The van der Waals surface area contributed by atoms with Crippen LogP contribution < -0.4 is 25.6 Å². The van der Waals surface area contributed by atoms with Crippen molar-refractivity contribution < 1.29 is 14.3 Å². The second-order valence-corrected chi connectivity index (χ2v) is 6.80. The minimum atomic E-state index is -0.274. The van der Waals surface area contributed by atoms with Gasteiger partial charge in [-0.3, -0.25) is 15.6 Å². The Hall–Kier alpha value is -2.02. The van der Waals surface area contributed by atoms with Crippen LogP contribution in [0.5, 0.6) is 11.5 Å². The summed E-state index contributed by atoms with van der Waals surface area (Å²) in [5, 5.41) is 3.66. The summed E-state index contributed by atoms with van der Waals surface area (Å²) in [6.07, 6.45) is 6.47. The first-order chi connectivity index (χ1) is 12.6. The number of ether oxygens (including phenoxy) is 2. The summed E-state index contributed by atoms with van der Waals surface area (Å²) in [6.45, 7) is 5.26. The number of hydrazine groups is 1. The SMILES string of the molecule is CCCOc1ccc(C(=O)NNC(=S)NC2CCCC2)cc1OCCC. The first-order valence-electron chi connectivity index (χ1n) is 9.40. The first kappa shape index (κ1) is 20.3. The maximum Gasteiger partial charge on any atom is 0.269 e. The number of amides is 1. The molecule has 0 radical (unpaired) electrons. The van der Waals surface area contributed by atoms with Crippen LogP contribution >= 0.6 is 12.2 Å². The molecule has 1 saturated carbocycles. The van der Waals surface area contributed by atoms with Crippen molar-refractivity contribution in [3.63, 3.8) is 0 Å². The van der Waals surface area contributed by atoms with Crippen LogP contribution in [0.15, 0.2) is 18.2 Å². The van der Waals surface area contributed by atoms with Gasteiger partial charge in [0.2, 0.25) is 0 Å². The molecule has 1 amide bonds. The number of nitrogens with one attached hydrogen (secondary N) is 3. The standard InChI is InChI=1S/C19H29N3O3S/c1-3-11-24-16-10-9-14(13-17(16)25-12-4-2)18(23)21-22-19(26)20-15-7-5-6-8-15/h9-10,13,15H,3-8,11-12H2,1-2H3,(H,21,23)(H2,20,22,26). The van der Waals surface area contributed by atoms with Crippen LogP contribution in [-0.4, -0.2) is 30.3 Å². The molecule has 0 heterocycles. The number of carbonyl (C=O) groups excluding carboxylic acids is 1. The molecule has 0 aromatic heterocycles. The highest BCUT2D eigenvalue weighted by atomic mass is 32.1. The van der Waals surface area contributed by atoms with Gasteiger partial charge in [-0.1, -0.05) is 26.7 Å². The van der Waals surface area contributed by atoms with E-state index in [1.807, 2.05) is 13.8 Å². The molecule has 1 fully saturated rings. The molecule has 0 aliphatic heterocycles. The average molecular weight is 380 g/mol. The number of rotatable bonds is 8. The molecular weight excluding hydrogens is 350 g/mol. The maximum absolute atomic E-state index is 12.4. The van der Waals surface area contributed by atoms with E-state index in [0.29, 0.717) is 41.4 Å². The molecule has 1 aromatic carbocycles. The van der Waals surface area contributed by atoms with Crippen molar-refractivity contribution in [1.29, 1.82) is 0 Å². The second kappa shape index (κ2) is 10.9. The van der Waals surface area contributed by atoms with Crippen LogP contribution in [0.2, 0.25) is 0 Å². The van der Waals surface area contributed by atoms with Crippen molar-refractivity contribution in [2.45, 2.75) is 58.4 Å². The lowest BCUT2D eigenvalue weighted by atomic mass is 10.2. The molecular formula is C19H29N3O3S. The van der Waals surface area contributed by atoms with Gasteiger partial charge in [-0.15, -0.1) is 0 Å². The Morgan fingerprint density at radius 3 is 2.38 bits per heavy atom. The lowest BCUT2D eigenvalue weighted by Crippen LogP contribution is -2.49. The van der Waals surface area contributed by atoms with Gasteiger partial charge in [0.05, 0.1) is 13.2 Å². The Balaban J connectivity index is 1.92. The van der Waals surface area contributed by atoms with Crippen LogP contribution in [0.4, 0.5) is 0 Å². The summed E-state index contributed by atoms with van der Waals surface area (Å²) in [6, 6.07) is 5.58. The summed E-state index contributed by atoms with van der Waals surface area (Å²) >= 11 is 5.23. The maximum atomic E-state index is 12.4. The Kier molecular flexibility index (Phi) is 8.47. The molecule has 7 heteroatoms. The number of hydrogen-bond donors (Lipinski definition) is 3. The summed E-state index contributed by atoms with van der Waals surface area (Å²) in [7, 11) is 0. The molecule has 6 nitrogen and oxygen atoms in total. The predicted molar refractivity (Wildman–Crippen MR) is 107 cm³/mol. The molecule has 3 N–H and O–H groups in total. The van der Waals surface area contributed by atoms with Gasteiger partial charge in [-0.05, 0) is 56.1 Å². The quantitative estimate of drug-likeness (QED) is 0.475. The van der Waals surface area contributed by atoms with Gasteiger partial charge in [-0.25, -0.2) is 0 Å². The van der Waals surface area contributed by atoms with E-state index in [0.717, 1.165) is 25.7 Å². The van der Waals surface area contributed by atoms with Crippen molar-refractivity contribution in [1.82, 2.24) is 16.2 Å². The van der Waals surface area contributed by atoms with Gasteiger partial charge in [0, 0.05) is 11.6 Å². The first-order valence-corrected chi connectivity index (χ1v) is 9.81. The predicted octanol–water partition coefficient (Wildman–Crippen LogP) is 3.32. The minimum absolute atomic E-state index is 0.274. The molecule has 0 atom stereocenters. The fraction of sp³-hybridized carbons (Fsp3) is 0.579. The van der Waals surface area contributed by atoms with E-state index in [-0.39, 0.29) is 5.91 Å². The molecule has 144 valence electrons. The zero-order valence-electron chi connectivity index (χ0n) is 15.6. The topological polar surface area (TPSA) is 71.6 Å². The molecule has 1 aliphatic carbocycles. The molecule has 0 spiro atoms. The van der Waals surface area contributed by atoms with Crippen molar-refractivity contribution >= 4 is 23.2 Å². The smallest absolute Gasteiger partial charge is 0.269 e. The summed E-state index contributed by atoms with van der Waals surface area (Å²) in [5.41, 5.74) is 5.88. The highest BCUT2D eigenvalue weighted by Crippen LogP contribution is 2.28. The van der Waals surface area contributed by atoms with E-state index in [9.17, 15) is 4.79 Å². The molecule has 0 bridgehead atoms. The normalized spacial score (nSPS) is 13.9. The molecule has 0 unspecified atom stereocenters. The zero-order valence-corrected chi connectivity index (χ0v) is 16.4. The Labute approximate surface area is 161 Å². The zero-order chi connectivity index (χ0) is 18.8. The van der Waals surface area contributed by atoms with Crippen LogP contribution in [0.3, 0.4) is 0 Å². The number of thiocarbonyl (C=S) groups is 1. The second-order valence-electron chi connectivity index (χ2n) is 6.39. The van der Waals surface area contributed by atoms with Crippen molar-refractivity contribution in [2.75, 3.05) is 13.2 Å². The Bertz CT molecular complexity index is 604. The van der Waals surface area contributed by atoms with E-state index in [4.69, 9.17) is 21.7 Å². The van der Waals surface area contributed by atoms with E-state index in [1.54, 1.807) is 18.2 Å². The molecule has 0 saturated heterocycles. The molecule has 26 heavy (non-hydrogen) atoms. The lowest BCUT2D eigenvalue weighted by molar-refractivity contribution is 0.0943. The fourth-order valence-electron chi connectivity index (χ4n) is 2.78. The van der Waals surface area contributed by atoms with Gasteiger partial charge in [0.1, 0.15) is 0 Å². The summed E-state index contributed by atoms with van der Waals surface area (Å²) in [5.74, 6) is 0.965. The summed E-state index contributed by atoms with van der Waals surface area (Å²) < 4.78 is 11.4. The van der Waals surface area contributed by atoms with Crippen molar-refractivity contribution in [3.05, 3.63) is 23.8 Å². The third-order valence-corrected chi connectivity index (χ3v) is 4.33. The van der Waals surface area contributed by atoms with Crippen LogP contribution in [0, 0.1) is 0 Å². The van der Waals surface area contributed by atoms with Gasteiger partial charge in [0.15, 0.2) is 16.6 Å². The highest BCUT2D eigenvalue weighted by molar-refractivity contribution is 7.80. The van der Waals surface area contributed by atoms with Gasteiger partial charge < -0.3 is 14.8 Å². The lowest BCUT2D eigenvalue weighted by Gasteiger charge is -2.17. The highest BCUT2D eigenvalue weighted by Gasteiger charge is 2.16. The van der Waals surface area contributed by atoms with E-state index in [2.05, 4.69) is 16.2 Å². The van der Waals surface area contributed by atoms with Gasteiger partial charge >= 0.3 is 0 Å². The van der Waals surface area contributed by atoms with E-state index in [1.165, 1.54) is 12.8 Å². The van der Waals surface area contributed by atoms with E-state index < -0.39 is 0 Å². The van der Waals surface area contributed by atoms with Gasteiger partial charge in [0.25, 0.3) is 5.91 Å². The third-order valence-electron chi connectivity index (χ3n) is 4.11. The largest absolute Gasteiger partial charge is 0.490 e. The molecule has 2 rings (SSSR count). The van der Waals surface area contributed by atoms with Crippen LogP contribution in [0.25, 0.3) is 0 Å². The van der Waals surface area contributed by atoms with E-state index >= 15 is 0 Å². The monoisotopic (exact) mass is 379 g/mol. The van der Waals surface area contributed by atoms with Crippen LogP contribution in [0.1, 0.15) is 62.7 Å². The fourth-order valence-corrected chi connectivity index (χ4v) is 3.00. The molecule has 1 aliphatic rings. The average Bonchev–Trinajstić information content (AvgIpc) is 3.15. The Morgan fingerprint density at radius 2 is 1.73 bits per heavy atom. The number of hydrogen-bond acceptors (Lipinski definition) is 4. The number of carbonyl (C=O) groups is 1. The molecule has 1 aromatic rings. The Morgan fingerprint density at radius 1 is 1.08 bits per heavy atom. The van der Waals surface area contributed by atoms with Crippen molar-refractivity contribution in [2.24, 2.45) is 0 Å². The van der Waals surface area contributed by atoms with Crippen LogP contribution in [-0.2, 0) is 0 Å². The van der Waals surface area contributed by atoms with Crippen molar-refractivity contribution in [3.8, 4) is 11.5 Å². The number of benzene rings is 1.